The zero-order valence-corrected chi connectivity index (χ0v) is 23.1. The summed E-state index contributed by atoms with van der Waals surface area (Å²) in [5.41, 5.74) is -20.1. The van der Waals surface area contributed by atoms with E-state index in [1.165, 1.54) is 0 Å². The Morgan fingerprint density at radius 1 is 0.439 bits per heavy atom. The van der Waals surface area contributed by atoms with E-state index in [0.717, 1.165) is 0 Å². The first-order valence-corrected chi connectivity index (χ1v) is 11.8. The third-order valence-corrected chi connectivity index (χ3v) is 8.07. The van der Waals surface area contributed by atoms with Crippen molar-refractivity contribution < 1.29 is 101 Å². The van der Waals surface area contributed by atoms with Crippen LogP contribution in [0, 0.1) is 0 Å². The molecule has 0 spiro atoms. The van der Waals surface area contributed by atoms with Crippen molar-refractivity contribution in [3.05, 3.63) is 57.6 Å². The first kappa shape index (κ1) is 39.6. The predicted molar refractivity (Wildman–Crippen MR) is 99.5 cm³/mol. The topological polar surface area (TPSA) is 23.1 Å². The number of benzene rings is 2. The van der Waals surface area contributed by atoms with Gasteiger partial charge >= 0.3 is 60.1 Å². The number of hydrogen-bond donors (Lipinski definition) is 0. The van der Waals surface area contributed by atoms with Crippen molar-refractivity contribution in [2.75, 3.05) is 0 Å². The SMILES string of the molecule is C[Si]([O-])(c1ccc(C(F)(F)F)c(C(F)(F)F)c1C(F)(F)F)c1ccc(C(F)(F)F)c(C(F)(F)F)c1C(F)(F)F.[Br-].[Mg+2]. The first-order chi connectivity index (χ1) is 16.9. The molecule has 0 saturated carbocycles. The van der Waals surface area contributed by atoms with Crippen LogP contribution in [0.3, 0.4) is 0 Å². The summed E-state index contributed by atoms with van der Waals surface area (Å²) in [6.07, 6.45) is -38.6. The third-order valence-electron chi connectivity index (χ3n) is 5.18. The maximum Gasteiger partial charge on any atom is 2.00 e. The molecule has 2 aromatic rings. The minimum Gasteiger partial charge on any atom is -1.00 e. The van der Waals surface area contributed by atoms with Crippen LogP contribution in [0.2, 0.25) is 6.55 Å². The van der Waals surface area contributed by atoms with E-state index in [-0.39, 0.29) is 46.6 Å². The molecular weight excluding hydrogens is 718 g/mol. The number of rotatable bonds is 2. The number of hydrogen-bond acceptors (Lipinski definition) is 1. The first-order valence-electron chi connectivity index (χ1n) is 9.43. The van der Waals surface area contributed by atoms with Gasteiger partial charge in [-0.15, -0.1) is 0 Å². The monoisotopic (exact) mass is 724 g/mol. The predicted octanol–water partition coefficient (Wildman–Crippen LogP) is 3.47. The summed E-state index contributed by atoms with van der Waals surface area (Å²) in [6.45, 7) is -0.233. The Bertz CT molecular complexity index is 1160. The zero-order chi connectivity index (χ0) is 30.9. The summed E-state index contributed by atoms with van der Waals surface area (Å²) in [6, 6.07) is -2.63. The molecule has 0 fully saturated rings. The van der Waals surface area contributed by atoms with Gasteiger partial charge in [-0.1, -0.05) is 29.1 Å². The van der Waals surface area contributed by atoms with Crippen molar-refractivity contribution in [2.45, 2.75) is 43.6 Å². The van der Waals surface area contributed by atoms with Gasteiger partial charge in [0.05, 0.1) is 33.4 Å². The molecule has 0 atom stereocenters. The van der Waals surface area contributed by atoms with Crippen LogP contribution < -0.4 is 32.2 Å². The average Bonchev–Trinajstić information content (AvgIpc) is 2.67. The summed E-state index contributed by atoms with van der Waals surface area (Å²) in [5.74, 6) is 0. The van der Waals surface area contributed by atoms with E-state index in [1.54, 1.807) is 0 Å². The van der Waals surface area contributed by atoms with Crippen LogP contribution in [0.5, 0.6) is 0 Å². The molecule has 0 heterocycles. The van der Waals surface area contributed by atoms with Crippen LogP contribution in [0.15, 0.2) is 24.3 Å². The van der Waals surface area contributed by atoms with Gasteiger partial charge in [0, 0.05) is 8.32 Å². The Labute approximate surface area is 243 Å². The molecule has 0 unspecified atom stereocenters. The van der Waals surface area contributed by atoms with Crippen LogP contribution in [-0.4, -0.2) is 31.4 Å². The maximum atomic E-state index is 13.7. The quantitative estimate of drug-likeness (QED) is 0.344. The van der Waals surface area contributed by atoms with Gasteiger partial charge < -0.3 is 21.8 Å². The van der Waals surface area contributed by atoms with Crippen LogP contribution in [0.25, 0.3) is 0 Å². The molecule has 228 valence electrons. The van der Waals surface area contributed by atoms with Gasteiger partial charge in [-0.2, -0.15) is 79.0 Å². The molecule has 22 heteroatoms. The Kier molecular flexibility index (Phi) is 11.2. The standard InChI is InChI=1S/C19H7F18OSi.BrH.Mg/c1-39(38,8-4-2-6(14(20,21)22)10(16(26,27)28)12(8)18(32,33)34)9-5-3-7(15(23,24)25)11(17(29,30)31)13(9)19(35,36)37;;/h2-5H,1H3;1H;/q-1;;+2/p-1. The number of halogens is 19. The fourth-order valence-electron chi connectivity index (χ4n) is 3.80. The van der Waals surface area contributed by atoms with Crippen LogP contribution in [0.4, 0.5) is 79.0 Å². The second-order valence-corrected chi connectivity index (χ2v) is 11.0. The summed E-state index contributed by atoms with van der Waals surface area (Å²) >= 11 is 0. The van der Waals surface area contributed by atoms with E-state index in [2.05, 4.69) is 0 Å². The van der Waals surface area contributed by atoms with Gasteiger partial charge in [0.1, 0.15) is 0 Å². The Morgan fingerprint density at radius 3 is 0.829 bits per heavy atom. The molecule has 1 nitrogen and oxygen atoms in total. The van der Waals surface area contributed by atoms with E-state index < -0.39 is 113 Å². The van der Waals surface area contributed by atoms with E-state index in [1.807, 2.05) is 0 Å². The summed E-state index contributed by atoms with van der Waals surface area (Å²) in [4.78, 5) is 13.4. The van der Waals surface area contributed by atoms with Crippen molar-refractivity contribution in [3.8, 4) is 0 Å². The molecule has 2 rings (SSSR count). The third kappa shape index (κ3) is 7.96. The van der Waals surface area contributed by atoms with Crippen molar-refractivity contribution in [1.29, 1.82) is 0 Å². The molecule has 2 aromatic carbocycles. The fourth-order valence-corrected chi connectivity index (χ4v) is 6.38. The summed E-state index contributed by atoms with van der Waals surface area (Å²) < 4.78 is 242. The normalized spacial score (nSPS) is 14.0. The van der Waals surface area contributed by atoms with E-state index in [4.69, 9.17) is 0 Å². The maximum absolute atomic E-state index is 13.7. The minimum absolute atomic E-state index is 0. The fraction of sp³-hybridized carbons (Fsp3) is 0.368. The Morgan fingerprint density at radius 2 is 0.659 bits per heavy atom. The second-order valence-electron chi connectivity index (χ2n) is 7.84. The average molecular weight is 726 g/mol. The minimum atomic E-state index is -6.57. The van der Waals surface area contributed by atoms with Gasteiger partial charge in [-0.05, 0) is 12.1 Å². The zero-order valence-electron chi connectivity index (χ0n) is 19.1. The largest absolute Gasteiger partial charge is 2.00 e. The smallest absolute Gasteiger partial charge is 1.00 e. The molecule has 0 N–H and O–H groups in total. The molecule has 0 radical (unpaired) electrons. The van der Waals surface area contributed by atoms with Crippen molar-refractivity contribution in [2.24, 2.45) is 0 Å². The summed E-state index contributed by atoms with van der Waals surface area (Å²) in [5, 5.41) is -4.87. The molecule has 0 aliphatic rings. The van der Waals surface area contributed by atoms with Crippen LogP contribution >= 0.6 is 0 Å². The van der Waals surface area contributed by atoms with Crippen molar-refractivity contribution in [3.63, 3.8) is 0 Å². The van der Waals surface area contributed by atoms with E-state index in [0.29, 0.717) is 0 Å². The Balaban J connectivity index is 0.00000800. The van der Waals surface area contributed by atoms with Gasteiger partial charge in [-0.3, -0.25) is 0 Å². The molecule has 0 aliphatic carbocycles. The summed E-state index contributed by atoms with van der Waals surface area (Å²) in [7, 11) is -6.57. The van der Waals surface area contributed by atoms with Gasteiger partial charge in [0.2, 0.25) is 0 Å². The second kappa shape index (κ2) is 11.6. The van der Waals surface area contributed by atoms with E-state index in [9.17, 15) is 83.8 Å². The molecule has 0 aromatic heterocycles. The van der Waals surface area contributed by atoms with Gasteiger partial charge in [0.25, 0.3) is 0 Å². The molecule has 0 bridgehead atoms. The molecule has 41 heavy (non-hydrogen) atoms. The molecule has 0 amide bonds. The Hall–Kier alpha value is -1.40. The van der Waals surface area contributed by atoms with Crippen molar-refractivity contribution >= 4 is 41.7 Å². The van der Waals surface area contributed by atoms with Gasteiger partial charge in [-0.25, -0.2) is 0 Å². The molecule has 0 aliphatic heterocycles. The van der Waals surface area contributed by atoms with Crippen molar-refractivity contribution in [1.82, 2.24) is 0 Å². The molecule has 0 saturated heterocycles. The van der Waals surface area contributed by atoms with Crippen LogP contribution in [-0.2, 0) is 37.1 Å². The van der Waals surface area contributed by atoms with Crippen LogP contribution in [0.1, 0.15) is 33.4 Å². The number of alkyl halides is 18. The molecular formula is C19H7BrF18MgOSi. The van der Waals surface area contributed by atoms with Gasteiger partial charge in [0.15, 0.2) is 0 Å². The van der Waals surface area contributed by atoms with E-state index >= 15 is 0 Å².